The third-order valence-electron chi connectivity index (χ3n) is 3.08. The molecule has 0 spiro atoms. The van der Waals surface area contributed by atoms with Crippen LogP contribution in [0.3, 0.4) is 0 Å². The fourth-order valence-electron chi connectivity index (χ4n) is 1.39. The molecule has 1 rings (SSSR count). The summed E-state index contributed by atoms with van der Waals surface area (Å²) in [5, 5.41) is 11.8. The monoisotopic (exact) mass is 268 g/mol. The molecule has 0 aliphatic carbocycles. The Bertz CT molecular complexity index is 426. The predicted octanol–water partition coefficient (Wildman–Crippen LogP) is 0.629. The van der Waals surface area contributed by atoms with Gasteiger partial charge in [0.05, 0.1) is 24.0 Å². The van der Waals surface area contributed by atoms with E-state index in [0.29, 0.717) is 5.56 Å². The number of nitrogens with zero attached hydrogens (tertiary/aromatic N) is 1. The standard InChI is InChI=1S/C13H20N2O4/c1-13(2,9-16)15(3)11(17)4-6-14-12(18)10-5-7-19-8-10/h5,7-8,16H,4,6,9H2,1-3H3,(H,14,18). The number of aliphatic hydroxyl groups excluding tert-OH is 1. The van der Waals surface area contributed by atoms with Crippen molar-refractivity contribution >= 4 is 11.8 Å². The minimum atomic E-state index is -0.606. The average molecular weight is 268 g/mol. The van der Waals surface area contributed by atoms with Crippen LogP contribution in [0, 0.1) is 0 Å². The van der Waals surface area contributed by atoms with Gasteiger partial charge in [0.15, 0.2) is 0 Å². The highest BCUT2D eigenvalue weighted by molar-refractivity contribution is 5.94. The SMILES string of the molecule is CN(C(=O)CCNC(=O)c1ccoc1)C(C)(C)CO. The van der Waals surface area contributed by atoms with Gasteiger partial charge in [-0.2, -0.15) is 0 Å². The number of hydrogen-bond acceptors (Lipinski definition) is 4. The molecule has 6 heteroatoms. The van der Waals surface area contributed by atoms with Crippen molar-refractivity contribution < 1.29 is 19.1 Å². The zero-order valence-corrected chi connectivity index (χ0v) is 11.5. The highest BCUT2D eigenvalue weighted by atomic mass is 16.3. The second-order valence-corrected chi connectivity index (χ2v) is 4.94. The Morgan fingerprint density at radius 3 is 2.68 bits per heavy atom. The van der Waals surface area contributed by atoms with Gasteiger partial charge >= 0.3 is 0 Å². The summed E-state index contributed by atoms with van der Waals surface area (Å²) in [4.78, 5) is 24.9. The number of rotatable bonds is 6. The summed E-state index contributed by atoms with van der Waals surface area (Å²) in [7, 11) is 1.64. The molecule has 19 heavy (non-hydrogen) atoms. The number of furan rings is 1. The van der Waals surface area contributed by atoms with Gasteiger partial charge in [-0.15, -0.1) is 0 Å². The van der Waals surface area contributed by atoms with Crippen molar-refractivity contribution in [1.29, 1.82) is 0 Å². The second kappa shape index (κ2) is 6.38. The van der Waals surface area contributed by atoms with Crippen LogP contribution in [0.4, 0.5) is 0 Å². The molecule has 2 N–H and O–H groups in total. The third kappa shape index (κ3) is 4.10. The molecule has 0 radical (unpaired) electrons. The predicted molar refractivity (Wildman–Crippen MR) is 69.6 cm³/mol. The van der Waals surface area contributed by atoms with Crippen LogP contribution in [-0.4, -0.2) is 47.6 Å². The Balaban J connectivity index is 2.37. The minimum absolute atomic E-state index is 0.114. The van der Waals surface area contributed by atoms with Gasteiger partial charge in [-0.1, -0.05) is 0 Å². The molecule has 0 saturated carbocycles. The summed E-state index contributed by atoms with van der Waals surface area (Å²) in [6.07, 6.45) is 2.94. The second-order valence-electron chi connectivity index (χ2n) is 4.94. The number of likely N-dealkylation sites (N-methyl/N-ethyl adjacent to an activating group) is 1. The molecule has 0 unspecified atom stereocenters. The number of hydrogen-bond donors (Lipinski definition) is 2. The Morgan fingerprint density at radius 1 is 1.47 bits per heavy atom. The first-order valence-corrected chi connectivity index (χ1v) is 6.06. The zero-order valence-electron chi connectivity index (χ0n) is 11.5. The molecule has 106 valence electrons. The van der Waals surface area contributed by atoms with E-state index in [4.69, 9.17) is 4.42 Å². The lowest BCUT2D eigenvalue weighted by Crippen LogP contribution is -2.48. The molecular formula is C13H20N2O4. The fourth-order valence-corrected chi connectivity index (χ4v) is 1.39. The van der Waals surface area contributed by atoms with Crippen molar-refractivity contribution in [2.45, 2.75) is 25.8 Å². The number of carbonyl (C=O) groups excluding carboxylic acids is 2. The maximum absolute atomic E-state index is 11.9. The molecule has 0 aromatic carbocycles. The van der Waals surface area contributed by atoms with Crippen molar-refractivity contribution in [1.82, 2.24) is 10.2 Å². The highest BCUT2D eigenvalue weighted by Gasteiger charge is 2.26. The van der Waals surface area contributed by atoms with Gasteiger partial charge in [-0.05, 0) is 19.9 Å². The smallest absolute Gasteiger partial charge is 0.254 e. The molecule has 6 nitrogen and oxygen atoms in total. The van der Waals surface area contributed by atoms with Gasteiger partial charge < -0.3 is 19.7 Å². The van der Waals surface area contributed by atoms with E-state index in [1.807, 2.05) is 0 Å². The number of aliphatic hydroxyl groups is 1. The average Bonchev–Trinajstić information content (AvgIpc) is 2.91. The summed E-state index contributed by atoms with van der Waals surface area (Å²) in [6.45, 7) is 3.68. The maximum Gasteiger partial charge on any atom is 0.254 e. The largest absolute Gasteiger partial charge is 0.472 e. The van der Waals surface area contributed by atoms with Crippen LogP contribution in [-0.2, 0) is 4.79 Å². The van der Waals surface area contributed by atoms with E-state index < -0.39 is 5.54 Å². The van der Waals surface area contributed by atoms with Crippen LogP contribution < -0.4 is 5.32 Å². The van der Waals surface area contributed by atoms with Gasteiger partial charge in [0.25, 0.3) is 5.91 Å². The number of amides is 2. The summed E-state index contributed by atoms with van der Waals surface area (Å²) >= 11 is 0. The Kier molecular flexibility index (Phi) is 5.11. The molecular weight excluding hydrogens is 248 g/mol. The first-order valence-electron chi connectivity index (χ1n) is 6.06. The topological polar surface area (TPSA) is 82.8 Å². The van der Waals surface area contributed by atoms with E-state index in [0.717, 1.165) is 0 Å². The van der Waals surface area contributed by atoms with Gasteiger partial charge in [-0.3, -0.25) is 9.59 Å². The van der Waals surface area contributed by atoms with Crippen LogP contribution in [0.2, 0.25) is 0 Å². The summed E-state index contributed by atoms with van der Waals surface area (Å²) in [5.41, 5.74) is -0.178. The van der Waals surface area contributed by atoms with Gasteiger partial charge in [0, 0.05) is 20.0 Å². The van der Waals surface area contributed by atoms with Crippen molar-refractivity contribution in [2.75, 3.05) is 20.2 Å². The fraction of sp³-hybridized carbons (Fsp3) is 0.538. The van der Waals surface area contributed by atoms with Crippen molar-refractivity contribution in [2.24, 2.45) is 0 Å². The summed E-state index contributed by atoms with van der Waals surface area (Å²) in [6, 6.07) is 1.55. The molecule has 1 aromatic rings. The van der Waals surface area contributed by atoms with E-state index in [1.165, 1.54) is 17.4 Å². The quantitative estimate of drug-likeness (QED) is 0.792. The molecule has 1 aromatic heterocycles. The first-order chi connectivity index (χ1) is 8.88. The number of carbonyl (C=O) groups is 2. The lowest BCUT2D eigenvalue weighted by Gasteiger charge is -2.34. The Labute approximate surface area is 112 Å². The maximum atomic E-state index is 11.9. The molecule has 0 saturated heterocycles. The van der Waals surface area contributed by atoms with Crippen LogP contribution in [0.15, 0.2) is 23.0 Å². The van der Waals surface area contributed by atoms with E-state index in [2.05, 4.69) is 5.32 Å². The Morgan fingerprint density at radius 2 is 2.16 bits per heavy atom. The van der Waals surface area contributed by atoms with Gasteiger partial charge in [0.2, 0.25) is 5.91 Å². The molecule has 0 atom stereocenters. The molecule has 0 aliphatic heterocycles. The molecule has 0 aliphatic rings. The van der Waals surface area contributed by atoms with E-state index in [1.54, 1.807) is 27.0 Å². The van der Waals surface area contributed by atoms with E-state index >= 15 is 0 Å². The molecule has 0 fully saturated rings. The minimum Gasteiger partial charge on any atom is -0.472 e. The lowest BCUT2D eigenvalue weighted by molar-refractivity contribution is -0.135. The Hall–Kier alpha value is -1.82. The van der Waals surface area contributed by atoms with Crippen molar-refractivity contribution in [3.8, 4) is 0 Å². The summed E-state index contributed by atoms with van der Waals surface area (Å²) in [5.74, 6) is -0.405. The summed E-state index contributed by atoms with van der Waals surface area (Å²) < 4.78 is 4.80. The lowest BCUT2D eigenvalue weighted by atomic mass is 10.0. The molecule has 2 amide bonds. The first kappa shape index (κ1) is 15.2. The van der Waals surface area contributed by atoms with E-state index in [9.17, 15) is 14.7 Å². The van der Waals surface area contributed by atoms with Crippen LogP contribution in [0.5, 0.6) is 0 Å². The molecule has 0 bridgehead atoms. The normalized spacial score (nSPS) is 11.2. The van der Waals surface area contributed by atoms with Crippen LogP contribution in [0.25, 0.3) is 0 Å². The molecule has 1 heterocycles. The van der Waals surface area contributed by atoms with Crippen molar-refractivity contribution in [3.63, 3.8) is 0 Å². The highest BCUT2D eigenvalue weighted by Crippen LogP contribution is 2.12. The van der Waals surface area contributed by atoms with Gasteiger partial charge in [-0.25, -0.2) is 0 Å². The van der Waals surface area contributed by atoms with E-state index in [-0.39, 0.29) is 31.4 Å². The number of nitrogens with one attached hydrogen (secondary N) is 1. The van der Waals surface area contributed by atoms with Crippen molar-refractivity contribution in [3.05, 3.63) is 24.2 Å². The zero-order chi connectivity index (χ0) is 14.5. The van der Waals surface area contributed by atoms with Gasteiger partial charge in [0.1, 0.15) is 6.26 Å². The van der Waals surface area contributed by atoms with Crippen LogP contribution >= 0.6 is 0 Å². The third-order valence-corrected chi connectivity index (χ3v) is 3.08. The van der Waals surface area contributed by atoms with Crippen LogP contribution in [0.1, 0.15) is 30.6 Å².